The van der Waals surface area contributed by atoms with Crippen molar-refractivity contribution in [3.8, 4) is 17.4 Å². The number of pyridine rings is 1. The van der Waals surface area contributed by atoms with Crippen LogP contribution in [0.4, 0.5) is 0 Å². The predicted molar refractivity (Wildman–Crippen MR) is 81.1 cm³/mol. The van der Waals surface area contributed by atoms with Crippen molar-refractivity contribution < 1.29 is 9.47 Å². The van der Waals surface area contributed by atoms with Crippen molar-refractivity contribution in [1.29, 1.82) is 0 Å². The molecule has 1 aromatic carbocycles. The van der Waals surface area contributed by atoms with E-state index in [4.69, 9.17) is 32.7 Å². The first-order valence-electron chi connectivity index (χ1n) is 6.34. The fraction of sp³-hybridized carbons (Fsp3) is 0.267. The molecule has 2 aromatic rings. The van der Waals surface area contributed by atoms with Crippen molar-refractivity contribution in [3.05, 3.63) is 47.1 Å². The summed E-state index contributed by atoms with van der Waals surface area (Å²) in [6.45, 7) is 2.77. The van der Waals surface area contributed by atoms with E-state index in [1.54, 1.807) is 12.3 Å². The standard InChI is InChI=1S/C15H15Cl2NO2/c1-2-7-19-12-3-5-13(6-4-12)20-15-14(17)8-11(9-16)10-18-15/h3-6,8,10H,2,7,9H2,1H3. The van der Waals surface area contributed by atoms with E-state index < -0.39 is 0 Å². The van der Waals surface area contributed by atoms with Crippen LogP contribution >= 0.6 is 23.2 Å². The molecular formula is C15H15Cl2NO2. The van der Waals surface area contributed by atoms with Crippen LogP contribution in [0.3, 0.4) is 0 Å². The fourth-order valence-corrected chi connectivity index (χ4v) is 1.92. The Kier molecular flexibility index (Phi) is 5.50. The van der Waals surface area contributed by atoms with Gasteiger partial charge in [0.1, 0.15) is 16.5 Å². The van der Waals surface area contributed by atoms with Gasteiger partial charge in [-0.3, -0.25) is 0 Å². The zero-order valence-electron chi connectivity index (χ0n) is 11.1. The maximum Gasteiger partial charge on any atom is 0.238 e. The van der Waals surface area contributed by atoms with E-state index in [1.807, 2.05) is 24.3 Å². The van der Waals surface area contributed by atoms with Gasteiger partial charge < -0.3 is 9.47 Å². The van der Waals surface area contributed by atoms with E-state index >= 15 is 0 Å². The van der Waals surface area contributed by atoms with Crippen molar-refractivity contribution in [1.82, 2.24) is 4.98 Å². The second-order valence-corrected chi connectivity index (χ2v) is 4.86. The van der Waals surface area contributed by atoms with Gasteiger partial charge in [0.15, 0.2) is 0 Å². The number of nitrogens with zero attached hydrogens (tertiary/aromatic N) is 1. The van der Waals surface area contributed by atoms with Crippen LogP contribution in [-0.4, -0.2) is 11.6 Å². The first kappa shape index (κ1) is 14.9. The Morgan fingerprint density at radius 2 is 1.85 bits per heavy atom. The van der Waals surface area contributed by atoms with E-state index in [2.05, 4.69) is 11.9 Å². The molecule has 20 heavy (non-hydrogen) atoms. The predicted octanol–water partition coefficient (Wildman–Crippen LogP) is 5.05. The lowest BCUT2D eigenvalue weighted by Crippen LogP contribution is -1.95. The van der Waals surface area contributed by atoms with Gasteiger partial charge in [0.2, 0.25) is 5.88 Å². The number of rotatable bonds is 6. The first-order valence-corrected chi connectivity index (χ1v) is 7.25. The molecule has 0 unspecified atom stereocenters. The Morgan fingerprint density at radius 3 is 2.45 bits per heavy atom. The zero-order valence-corrected chi connectivity index (χ0v) is 12.6. The molecule has 0 saturated carbocycles. The Labute approximate surface area is 128 Å². The van der Waals surface area contributed by atoms with Gasteiger partial charge in [-0.05, 0) is 42.3 Å². The van der Waals surface area contributed by atoms with Crippen molar-refractivity contribution in [2.75, 3.05) is 6.61 Å². The summed E-state index contributed by atoms with van der Waals surface area (Å²) in [5.41, 5.74) is 0.854. The van der Waals surface area contributed by atoms with Crippen LogP contribution in [0.25, 0.3) is 0 Å². The minimum Gasteiger partial charge on any atom is -0.494 e. The number of alkyl halides is 1. The van der Waals surface area contributed by atoms with Gasteiger partial charge in [-0.2, -0.15) is 0 Å². The van der Waals surface area contributed by atoms with Crippen LogP contribution in [0, 0.1) is 0 Å². The van der Waals surface area contributed by atoms with Gasteiger partial charge in [0.05, 0.1) is 6.61 Å². The molecule has 0 aliphatic carbocycles. The largest absolute Gasteiger partial charge is 0.494 e. The minimum absolute atomic E-state index is 0.364. The summed E-state index contributed by atoms with van der Waals surface area (Å²) >= 11 is 11.8. The highest BCUT2D eigenvalue weighted by molar-refractivity contribution is 6.32. The van der Waals surface area contributed by atoms with Gasteiger partial charge >= 0.3 is 0 Å². The number of halogens is 2. The summed E-state index contributed by atoms with van der Waals surface area (Å²) in [6, 6.07) is 9.09. The Morgan fingerprint density at radius 1 is 1.15 bits per heavy atom. The van der Waals surface area contributed by atoms with Crippen molar-refractivity contribution in [3.63, 3.8) is 0 Å². The van der Waals surface area contributed by atoms with E-state index in [-0.39, 0.29) is 0 Å². The van der Waals surface area contributed by atoms with Crippen LogP contribution in [-0.2, 0) is 5.88 Å². The SMILES string of the molecule is CCCOc1ccc(Oc2ncc(CCl)cc2Cl)cc1. The average Bonchev–Trinajstić information content (AvgIpc) is 2.48. The molecule has 0 radical (unpaired) electrons. The number of aromatic nitrogens is 1. The first-order chi connectivity index (χ1) is 9.72. The molecular weight excluding hydrogens is 297 g/mol. The van der Waals surface area contributed by atoms with Crippen molar-refractivity contribution >= 4 is 23.2 Å². The van der Waals surface area contributed by atoms with Gasteiger partial charge in [0, 0.05) is 12.1 Å². The van der Waals surface area contributed by atoms with Gasteiger partial charge in [0.25, 0.3) is 0 Å². The maximum absolute atomic E-state index is 6.09. The molecule has 0 amide bonds. The maximum atomic E-state index is 6.09. The Hall–Kier alpha value is -1.45. The molecule has 1 aromatic heterocycles. The molecule has 106 valence electrons. The molecule has 0 saturated heterocycles. The average molecular weight is 312 g/mol. The van der Waals surface area contributed by atoms with E-state index in [9.17, 15) is 0 Å². The summed E-state index contributed by atoms with van der Waals surface area (Å²) in [5, 5.41) is 0.439. The molecule has 1 heterocycles. The van der Waals surface area contributed by atoms with Crippen LogP contribution in [0.1, 0.15) is 18.9 Å². The van der Waals surface area contributed by atoms with Crippen LogP contribution in [0.2, 0.25) is 5.02 Å². The molecule has 2 rings (SSSR count). The fourth-order valence-electron chi connectivity index (χ4n) is 1.55. The number of benzene rings is 1. The quantitative estimate of drug-likeness (QED) is 0.699. The molecule has 0 fully saturated rings. The zero-order chi connectivity index (χ0) is 14.4. The molecule has 0 N–H and O–H groups in total. The number of hydrogen-bond acceptors (Lipinski definition) is 3. The van der Waals surface area contributed by atoms with Crippen LogP contribution < -0.4 is 9.47 Å². The van der Waals surface area contributed by atoms with Crippen LogP contribution in [0.15, 0.2) is 36.5 Å². The highest BCUT2D eigenvalue weighted by Crippen LogP contribution is 2.29. The second kappa shape index (κ2) is 7.36. The summed E-state index contributed by atoms with van der Waals surface area (Å²) in [5.74, 6) is 2.21. The Balaban J connectivity index is 2.06. The third-order valence-corrected chi connectivity index (χ3v) is 3.11. The molecule has 0 atom stereocenters. The van der Waals surface area contributed by atoms with Crippen LogP contribution in [0.5, 0.6) is 17.4 Å². The monoisotopic (exact) mass is 311 g/mol. The van der Waals surface area contributed by atoms with Crippen molar-refractivity contribution in [2.45, 2.75) is 19.2 Å². The van der Waals surface area contributed by atoms with Gasteiger partial charge in [-0.1, -0.05) is 18.5 Å². The van der Waals surface area contributed by atoms with Gasteiger partial charge in [-0.25, -0.2) is 4.98 Å². The van der Waals surface area contributed by atoms with Gasteiger partial charge in [-0.15, -0.1) is 11.6 Å². The summed E-state index contributed by atoms with van der Waals surface area (Å²) in [6.07, 6.45) is 2.62. The lowest BCUT2D eigenvalue weighted by atomic mass is 10.3. The molecule has 5 heteroatoms. The minimum atomic E-state index is 0.364. The summed E-state index contributed by atoms with van der Waals surface area (Å²) in [7, 11) is 0. The highest BCUT2D eigenvalue weighted by Gasteiger charge is 2.06. The third-order valence-electron chi connectivity index (χ3n) is 2.53. The lowest BCUT2D eigenvalue weighted by molar-refractivity contribution is 0.317. The van der Waals surface area contributed by atoms with E-state index in [0.717, 1.165) is 17.7 Å². The van der Waals surface area contributed by atoms with E-state index in [1.165, 1.54) is 0 Å². The smallest absolute Gasteiger partial charge is 0.238 e. The Bertz CT molecular complexity index is 558. The normalized spacial score (nSPS) is 10.3. The highest BCUT2D eigenvalue weighted by atomic mass is 35.5. The number of ether oxygens (including phenoxy) is 2. The molecule has 0 spiro atoms. The van der Waals surface area contributed by atoms with Crippen molar-refractivity contribution in [2.24, 2.45) is 0 Å². The molecule has 0 aliphatic rings. The topological polar surface area (TPSA) is 31.4 Å². The number of hydrogen-bond donors (Lipinski definition) is 0. The molecule has 0 aliphatic heterocycles. The molecule has 3 nitrogen and oxygen atoms in total. The second-order valence-electron chi connectivity index (χ2n) is 4.19. The molecule has 0 bridgehead atoms. The summed E-state index contributed by atoms with van der Waals surface area (Å²) in [4.78, 5) is 4.15. The lowest BCUT2D eigenvalue weighted by Gasteiger charge is -2.08. The summed E-state index contributed by atoms with van der Waals surface area (Å²) < 4.78 is 11.1. The third kappa shape index (κ3) is 4.02. The van der Waals surface area contributed by atoms with E-state index in [0.29, 0.717) is 29.1 Å².